The lowest BCUT2D eigenvalue weighted by Gasteiger charge is -2.05. The van der Waals surface area contributed by atoms with Crippen LogP contribution in [0.25, 0.3) is 0 Å². The molecule has 0 amide bonds. The van der Waals surface area contributed by atoms with E-state index >= 15 is 0 Å². The zero-order valence-corrected chi connectivity index (χ0v) is 7.66. The zero-order valence-electron chi connectivity index (χ0n) is 7.66. The second-order valence-corrected chi connectivity index (χ2v) is 2.78. The van der Waals surface area contributed by atoms with Gasteiger partial charge >= 0.3 is 5.97 Å². The molecule has 0 saturated heterocycles. The molecule has 1 rings (SSSR count). The predicted octanol–water partition coefficient (Wildman–Crippen LogP) is 0.682. The maximum atomic E-state index is 10.2. The van der Waals surface area contributed by atoms with E-state index in [-0.39, 0.29) is 6.54 Å². The van der Waals surface area contributed by atoms with Gasteiger partial charge in [0.25, 0.3) is 0 Å². The van der Waals surface area contributed by atoms with Gasteiger partial charge in [-0.3, -0.25) is 4.79 Å². The van der Waals surface area contributed by atoms with Crippen LogP contribution in [0.4, 0.5) is 0 Å². The summed E-state index contributed by atoms with van der Waals surface area (Å²) in [5.41, 5.74) is 1.11. The molecule has 4 nitrogen and oxygen atoms in total. The second-order valence-electron chi connectivity index (χ2n) is 2.78. The van der Waals surface area contributed by atoms with Crippen LogP contribution in [0.1, 0.15) is 12.6 Å². The Bertz CT molecular complexity index is 281. The molecule has 0 bridgehead atoms. The molecule has 0 spiro atoms. The molecule has 0 unspecified atom stereocenters. The van der Waals surface area contributed by atoms with Gasteiger partial charge < -0.3 is 15.0 Å². The van der Waals surface area contributed by atoms with Crippen molar-refractivity contribution in [1.29, 1.82) is 0 Å². The number of aryl methyl sites for hydroxylation is 1. The summed E-state index contributed by atoms with van der Waals surface area (Å²) in [6.45, 7) is 3.58. The number of hydrogen-bond donors (Lipinski definition) is 2. The van der Waals surface area contributed by atoms with E-state index in [0.29, 0.717) is 6.54 Å². The van der Waals surface area contributed by atoms with E-state index < -0.39 is 5.97 Å². The smallest absolute Gasteiger partial charge is 0.317 e. The summed E-state index contributed by atoms with van der Waals surface area (Å²) >= 11 is 0. The molecule has 0 aromatic carbocycles. The number of nitrogens with zero attached hydrogens (tertiary/aromatic N) is 1. The molecule has 1 heterocycles. The van der Waals surface area contributed by atoms with Gasteiger partial charge in [0.2, 0.25) is 0 Å². The van der Waals surface area contributed by atoms with E-state index in [0.717, 1.165) is 12.2 Å². The highest BCUT2D eigenvalue weighted by molar-refractivity contribution is 5.68. The number of hydrogen-bond acceptors (Lipinski definition) is 2. The quantitative estimate of drug-likeness (QED) is 0.704. The van der Waals surface area contributed by atoms with Crippen molar-refractivity contribution in [1.82, 2.24) is 9.88 Å². The number of rotatable bonds is 5. The van der Waals surface area contributed by atoms with Gasteiger partial charge in [-0.25, -0.2) is 0 Å². The Labute approximate surface area is 77.2 Å². The average Bonchev–Trinajstić information content (AvgIpc) is 2.51. The lowest BCUT2D eigenvalue weighted by atomic mass is 10.4. The first kappa shape index (κ1) is 9.80. The fourth-order valence-electron chi connectivity index (χ4n) is 1.22. The van der Waals surface area contributed by atoms with Crippen LogP contribution in [0.15, 0.2) is 18.3 Å². The van der Waals surface area contributed by atoms with Crippen LogP contribution in [-0.2, 0) is 17.9 Å². The molecular formula is C9H14N2O2. The van der Waals surface area contributed by atoms with Crippen LogP contribution >= 0.6 is 0 Å². The highest BCUT2D eigenvalue weighted by Gasteiger charge is 1.99. The second kappa shape index (κ2) is 4.67. The molecule has 0 fully saturated rings. The Kier molecular flexibility index (Phi) is 3.52. The lowest BCUT2D eigenvalue weighted by Crippen LogP contribution is -2.23. The minimum Gasteiger partial charge on any atom is -0.480 e. The third kappa shape index (κ3) is 2.91. The van der Waals surface area contributed by atoms with Crippen LogP contribution in [0, 0.1) is 0 Å². The van der Waals surface area contributed by atoms with Crippen LogP contribution < -0.4 is 5.32 Å². The summed E-state index contributed by atoms with van der Waals surface area (Å²) in [5, 5.41) is 11.2. The third-order valence-electron chi connectivity index (χ3n) is 1.85. The molecule has 2 N–H and O–H groups in total. The van der Waals surface area contributed by atoms with Gasteiger partial charge in [-0.2, -0.15) is 0 Å². The van der Waals surface area contributed by atoms with Crippen molar-refractivity contribution in [3.05, 3.63) is 24.0 Å². The molecular weight excluding hydrogens is 168 g/mol. The Morgan fingerprint density at radius 3 is 3.08 bits per heavy atom. The molecule has 0 aliphatic heterocycles. The van der Waals surface area contributed by atoms with Crippen LogP contribution in [0.5, 0.6) is 0 Å². The molecule has 0 atom stereocenters. The maximum absolute atomic E-state index is 10.2. The van der Waals surface area contributed by atoms with Gasteiger partial charge in [0.05, 0.1) is 6.54 Å². The lowest BCUT2D eigenvalue weighted by molar-refractivity contribution is -0.136. The zero-order chi connectivity index (χ0) is 9.68. The highest BCUT2D eigenvalue weighted by Crippen LogP contribution is 2.00. The van der Waals surface area contributed by atoms with Crippen molar-refractivity contribution >= 4 is 5.97 Å². The van der Waals surface area contributed by atoms with Crippen LogP contribution in [0.3, 0.4) is 0 Å². The molecule has 0 radical (unpaired) electrons. The van der Waals surface area contributed by atoms with Gasteiger partial charge in [0, 0.05) is 25.0 Å². The van der Waals surface area contributed by atoms with Crippen LogP contribution in [0.2, 0.25) is 0 Å². The number of carboxylic acid groups (broad SMARTS) is 1. The van der Waals surface area contributed by atoms with Gasteiger partial charge in [-0.1, -0.05) is 0 Å². The highest BCUT2D eigenvalue weighted by atomic mass is 16.4. The number of aliphatic carboxylic acids is 1. The number of nitrogens with one attached hydrogen (secondary N) is 1. The summed E-state index contributed by atoms with van der Waals surface area (Å²) in [5.74, 6) is -0.824. The van der Waals surface area contributed by atoms with Crippen LogP contribution in [-0.4, -0.2) is 22.2 Å². The fraction of sp³-hybridized carbons (Fsp3) is 0.444. The number of aromatic nitrogens is 1. The monoisotopic (exact) mass is 182 g/mol. The SMILES string of the molecule is CCn1cccc1CNCC(=O)O. The molecule has 0 aliphatic rings. The summed E-state index contributed by atoms with van der Waals surface area (Å²) in [7, 11) is 0. The minimum absolute atomic E-state index is 0.00882. The molecule has 0 aliphatic carbocycles. The van der Waals surface area contributed by atoms with E-state index in [4.69, 9.17) is 5.11 Å². The number of carboxylic acids is 1. The summed E-state index contributed by atoms with van der Waals surface area (Å²) in [6, 6.07) is 3.94. The summed E-state index contributed by atoms with van der Waals surface area (Å²) in [6.07, 6.45) is 1.98. The Hall–Kier alpha value is -1.29. The standard InChI is InChI=1S/C9H14N2O2/c1-2-11-5-3-4-8(11)6-10-7-9(12)13/h3-5,10H,2,6-7H2,1H3,(H,12,13). The largest absolute Gasteiger partial charge is 0.480 e. The first-order valence-corrected chi connectivity index (χ1v) is 4.30. The van der Waals surface area contributed by atoms with E-state index in [9.17, 15) is 4.79 Å². The van der Waals surface area contributed by atoms with Gasteiger partial charge in [0.15, 0.2) is 0 Å². The van der Waals surface area contributed by atoms with Gasteiger partial charge in [0.1, 0.15) is 0 Å². The summed E-state index contributed by atoms with van der Waals surface area (Å²) < 4.78 is 2.08. The number of carbonyl (C=O) groups is 1. The van der Waals surface area contributed by atoms with E-state index in [1.54, 1.807) is 0 Å². The van der Waals surface area contributed by atoms with Crippen molar-refractivity contribution in [2.24, 2.45) is 0 Å². The minimum atomic E-state index is -0.824. The molecule has 72 valence electrons. The predicted molar refractivity (Wildman–Crippen MR) is 49.4 cm³/mol. The Balaban J connectivity index is 2.40. The third-order valence-corrected chi connectivity index (χ3v) is 1.85. The Morgan fingerprint density at radius 1 is 1.69 bits per heavy atom. The van der Waals surface area contributed by atoms with E-state index in [2.05, 4.69) is 16.8 Å². The van der Waals surface area contributed by atoms with Crippen molar-refractivity contribution in [2.75, 3.05) is 6.54 Å². The van der Waals surface area contributed by atoms with Crippen molar-refractivity contribution < 1.29 is 9.90 Å². The summed E-state index contributed by atoms with van der Waals surface area (Å²) in [4.78, 5) is 10.2. The molecule has 1 aromatic rings. The molecule has 1 aromatic heterocycles. The molecule has 4 heteroatoms. The van der Waals surface area contributed by atoms with E-state index in [1.165, 1.54) is 0 Å². The first-order chi connectivity index (χ1) is 6.24. The van der Waals surface area contributed by atoms with Crippen molar-refractivity contribution in [3.8, 4) is 0 Å². The Morgan fingerprint density at radius 2 is 2.46 bits per heavy atom. The van der Waals surface area contributed by atoms with Crippen molar-refractivity contribution in [3.63, 3.8) is 0 Å². The van der Waals surface area contributed by atoms with Crippen molar-refractivity contribution in [2.45, 2.75) is 20.0 Å². The average molecular weight is 182 g/mol. The normalized spacial score (nSPS) is 10.2. The molecule has 13 heavy (non-hydrogen) atoms. The maximum Gasteiger partial charge on any atom is 0.317 e. The first-order valence-electron chi connectivity index (χ1n) is 4.30. The topological polar surface area (TPSA) is 54.3 Å². The fourth-order valence-corrected chi connectivity index (χ4v) is 1.22. The van der Waals surface area contributed by atoms with E-state index in [1.807, 2.05) is 18.3 Å². The van der Waals surface area contributed by atoms with Gasteiger partial charge in [-0.05, 0) is 19.1 Å². The molecule has 0 saturated carbocycles. The van der Waals surface area contributed by atoms with Gasteiger partial charge in [-0.15, -0.1) is 0 Å².